The molecular formula is C29H19N5O3. The zero-order valence-electron chi connectivity index (χ0n) is 19.4. The SMILES string of the molecule is N#CC(=Cc1cc2ccccc2[nH]c1=O)C(=O)Nc1ccc(N=Cc2cc3ccccc3[nH]c2=O)cc1. The third-order valence-electron chi connectivity index (χ3n) is 5.71. The number of nitrogens with one attached hydrogen (secondary N) is 3. The van der Waals surface area contributed by atoms with Gasteiger partial charge in [-0.1, -0.05) is 36.4 Å². The maximum Gasteiger partial charge on any atom is 0.266 e. The molecule has 0 fully saturated rings. The summed E-state index contributed by atoms with van der Waals surface area (Å²) in [4.78, 5) is 47.3. The van der Waals surface area contributed by atoms with Gasteiger partial charge >= 0.3 is 0 Å². The van der Waals surface area contributed by atoms with Crippen LogP contribution < -0.4 is 16.4 Å². The van der Waals surface area contributed by atoms with Gasteiger partial charge < -0.3 is 15.3 Å². The van der Waals surface area contributed by atoms with E-state index in [0.29, 0.717) is 22.5 Å². The van der Waals surface area contributed by atoms with Gasteiger partial charge in [0.05, 0.1) is 11.3 Å². The van der Waals surface area contributed by atoms with Crippen molar-refractivity contribution in [1.29, 1.82) is 5.26 Å². The van der Waals surface area contributed by atoms with Crippen LogP contribution in [0.3, 0.4) is 0 Å². The van der Waals surface area contributed by atoms with Gasteiger partial charge in [-0.05, 0) is 65.4 Å². The lowest BCUT2D eigenvalue weighted by Gasteiger charge is -2.05. The molecule has 3 aromatic carbocycles. The highest BCUT2D eigenvalue weighted by molar-refractivity contribution is 6.09. The van der Waals surface area contributed by atoms with Gasteiger partial charge in [-0.2, -0.15) is 5.26 Å². The van der Waals surface area contributed by atoms with Crippen molar-refractivity contribution in [2.45, 2.75) is 0 Å². The van der Waals surface area contributed by atoms with E-state index in [1.54, 1.807) is 42.5 Å². The largest absolute Gasteiger partial charge is 0.321 e. The number of carbonyl (C=O) groups excluding carboxylic acids is 1. The van der Waals surface area contributed by atoms with Crippen molar-refractivity contribution in [2.75, 3.05) is 5.32 Å². The highest BCUT2D eigenvalue weighted by atomic mass is 16.2. The van der Waals surface area contributed by atoms with E-state index in [9.17, 15) is 19.6 Å². The van der Waals surface area contributed by atoms with Crippen LogP contribution in [0, 0.1) is 11.3 Å². The molecule has 3 N–H and O–H groups in total. The topological polar surface area (TPSA) is 131 Å². The quantitative estimate of drug-likeness (QED) is 0.190. The van der Waals surface area contributed by atoms with E-state index in [4.69, 9.17) is 0 Å². The third-order valence-corrected chi connectivity index (χ3v) is 5.71. The predicted octanol–water partition coefficient (Wildman–Crippen LogP) is 4.67. The number of nitriles is 1. The van der Waals surface area contributed by atoms with Crippen molar-refractivity contribution in [3.8, 4) is 6.07 Å². The molecule has 8 nitrogen and oxygen atoms in total. The molecule has 2 heterocycles. The average molecular weight is 486 g/mol. The minimum absolute atomic E-state index is 0.207. The lowest BCUT2D eigenvalue weighted by Crippen LogP contribution is -2.15. The monoisotopic (exact) mass is 485 g/mol. The number of hydrogen-bond acceptors (Lipinski definition) is 5. The lowest BCUT2D eigenvalue weighted by atomic mass is 10.1. The van der Waals surface area contributed by atoms with Gasteiger partial charge in [0.1, 0.15) is 11.6 Å². The van der Waals surface area contributed by atoms with Crippen LogP contribution in [0.15, 0.2) is 105 Å². The number of para-hydroxylation sites is 2. The van der Waals surface area contributed by atoms with Gasteiger partial charge in [-0.15, -0.1) is 0 Å². The van der Waals surface area contributed by atoms with Gasteiger partial charge in [0.2, 0.25) is 0 Å². The fourth-order valence-electron chi connectivity index (χ4n) is 3.81. The Morgan fingerprint density at radius 2 is 1.38 bits per heavy atom. The normalized spacial score (nSPS) is 11.6. The summed E-state index contributed by atoms with van der Waals surface area (Å²) in [7, 11) is 0. The van der Waals surface area contributed by atoms with Crippen LogP contribution in [0.4, 0.5) is 11.4 Å². The van der Waals surface area contributed by atoms with Crippen molar-refractivity contribution in [2.24, 2.45) is 4.99 Å². The number of anilines is 1. The first-order chi connectivity index (χ1) is 18.0. The first kappa shape index (κ1) is 23.2. The molecule has 37 heavy (non-hydrogen) atoms. The summed E-state index contributed by atoms with van der Waals surface area (Å²) in [6.45, 7) is 0. The van der Waals surface area contributed by atoms with Gasteiger partial charge in [0, 0.05) is 28.5 Å². The number of fused-ring (bicyclic) bond motifs is 2. The van der Waals surface area contributed by atoms with Crippen molar-refractivity contribution < 1.29 is 4.79 Å². The number of rotatable bonds is 5. The lowest BCUT2D eigenvalue weighted by molar-refractivity contribution is -0.112. The third kappa shape index (κ3) is 5.11. The van der Waals surface area contributed by atoms with E-state index in [2.05, 4.69) is 20.3 Å². The molecule has 5 rings (SSSR count). The molecule has 0 saturated carbocycles. The predicted molar refractivity (Wildman–Crippen MR) is 145 cm³/mol. The second-order valence-corrected chi connectivity index (χ2v) is 8.21. The second-order valence-electron chi connectivity index (χ2n) is 8.21. The van der Waals surface area contributed by atoms with E-state index >= 15 is 0 Å². The molecule has 5 aromatic rings. The van der Waals surface area contributed by atoms with Crippen molar-refractivity contribution in [3.05, 3.63) is 122 Å². The maximum atomic E-state index is 12.7. The average Bonchev–Trinajstić information content (AvgIpc) is 2.91. The maximum absolute atomic E-state index is 12.7. The second kappa shape index (κ2) is 9.98. The highest BCUT2D eigenvalue weighted by Crippen LogP contribution is 2.18. The molecule has 0 aliphatic rings. The van der Waals surface area contributed by atoms with E-state index in [1.807, 2.05) is 48.5 Å². The van der Waals surface area contributed by atoms with Gasteiger partial charge in [-0.25, -0.2) is 0 Å². The fraction of sp³-hybridized carbons (Fsp3) is 0. The number of aliphatic imine (C=N–C) groups is 1. The summed E-state index contributed by atoms with van der Waals surface area (Å²) in [5.74, 6) is -0.644. The summed E-state index contributed by atoms with van der Waals surface area (Å²) in [6.07, 6.45) is 2.75. The van der Waals surface area contributed by atoms with Crippen molar-refractivity contribution in [3.63, 3.8) is 0 Å². The van der Waals surface area contributed by atoms with Crippen molar-refractivity contribution >= 4 is 51.4 Å². The van der Waals surface area contributed by atoms with Gasteiger partial charge in [-0.3, -0.25) is 19.4 Å². The Morgan fingerprint density at radius 1 is 0.811 bits per heavy atom. The minimum atomic E-state index is -0.644. The molecule has 0 spiro atoms. The molecule has 0 aliphatic heterocycles. The summed E-state index contributed by atoms with van der Waals surface area (Å²) in [5.41, 5.74) is 2.21. The van der Waals surface area contributed by atoms with E-state index in [1.165, 1.54) is 12.3 Å². The summed E-state index contributed by atoms with van der Waals surface area (Å²) < 4.78 is 0. The first-order valence-corrected chi connectivity index (χ1v) is 11.3. The number of carbonyl (C=O) groups is 1. The molecule has 0 radical (unpaired) electrons. The van der Waals surface area contributed by atoms with Crippen LogP contribution in [-0.2, 0) is 4.79 Å². The summed E-state index contributed by atoms with van der Waals surface area (Å²) in [5, 5.41) is 13.8. The molecular weight excluding hydrogens is 466 g/mol. The van der Waals surface area contributed by atoms with Crippen LogP contribution in [0.2, 0.25) is 0 Å². The van der Waals surface area contributed by atoms with Crippen molar-refractivity contribution in [1.82, 2.24) is 9.97 Å². The Morgan fingerprint density at radius 3 is 2.00 bits per heavy atom. The number of hydrogen-bond donors (Lipinski definition) is 3. The summed E-state index contributed by atoms with van der Waals surface area (Å²) in [6, 6.07) is 26.6. The standard InChI is InChI=1S/C29H19N5O3/c30-16-21(15-20-13-18-5-1-3-7-25(18)33-27(20)35)28(36)32-24-11-9-23(10-12-24)31-17-22-14-19-6-2-4-8-26(19)34-29(22)37/h1-15,17H,(H,32,36)(H,33,35)(H,34,37). The number of aromatic nitrogens is 2. The van der Waals surface area contributed by atoms with Crippen LogP contribution in [-0.4, -0.2) is 22.1 Å². The van der Waals surface area contributed by atoms with E-state index in [-0.39, 0.29) is 16.7 Å². The summed E-state index contributed by atoms with van der Waals surface area (Å²) >= 11 is 0. The number of benzene rings is 3. The molecule has 0 bridgehead atoms. The van der Waals surface area contributed by atoms with Crippen LogP contribution >= 0.6 is 0 Å². The van der Waals surface area contributed by atoms with Crippen LogP contribution in [0.5, 0.6) is 0 Å². The number of H-pyrrole nitrogens is 2. The van der Waals surface area contributed by atoms with Crippen LogP contribution in [0.25, 0.3) is 27.9 Å². The number of aromatic amines is 2. The number of pyridine rings is 2. The zero-order chi connectivity index (χ0) is 25.8. The molecule has 0 aliphatic carbocycles. The van der Waals surface area contributed by atoms with Gasteiger partial charge in [0.15, 0.2) is 0 Å². The number of nitrogens with zero attached hydrogens (tertiary/aromatic N) is 2. The first-order valence-electron chi connectivity index (χ1n) is 11.3. The number of amides is 1. The Balaban J connectivity index is 1.32. The molecule has 0 unspecified atom stereocenters. The Labute approximate surface area is 210 Å². The van der Waals surface area contributed by atoms with E-state index in [0.717, 1.165) is 16.3 Å². The highest BCUT2D eigenvalue weighted by Gasteiger charge is 2.11. The molecule has 8 heteroatoms. The fourth-order valence-corrected chi connectivity index (χ4v) is 3.81. The van der Waals surface area contributed by atoms with E-state index < -0.39 is 11.5 Å². The van der Waals surface area contributed by atoms with Crippen LogP contribution in [0.1, 0.15) is 11.1 Å². The smallest absolute Gasteiger partial charge is 0.266 e. The minimum Gasteiger partial charge on any atom is -0.321 e. The molecule has 0 atom stereocenters. The zero-order valence-corrected chi connectivity index (χ0v) is 19.4. The molecule has 1 amide bonds. The molecule has 2 aromatic heterocycles. The van der Waals surface area contributed by atoms with Gasteiger partial charge in [0.25, 0.3) is 17.0 Å². The Hall–Kier alpha value is -5.55. The Kier molecular flexibility index (Phi) is 6.26. The molecule has 178 valence electrons. The Bertz CT molecular complexity index is 1870. The molecule has 0 saturated heterocycles.